The van der Waals surface area contributed by atoms with Crippen LogP contribution in [-0.2, 0) is 22.8 Å². The monoisotopic (exact) mass is 494 g/mol. The molecular formula is C31H30N2O4. The van der Waals surface area contributed by atoms with Crippen LogP contribution in [0.3, 0.4) is 0 Å². The second kappa shape index (κ2) is 13.5. The number of benzene rings is 4. The SMILES string of the molecule is O=C(CCCC(=O)Nc1ccccc1OCc1ccccc1)Nc1ccccc1OCc1ccccc1. The Morgan fingerprint density at radius 2 is 0.892 bits per heavy atom. The Balaban J connectivity index is 1.23. The lowest BCUT2D eigenvalue weighted by Gasteiger charge is -2.13. The van der Waals surface area contributed by atoms with Crippen molar-refractivity contribution < 1.29 is 19.1 Å². The Bertz CT molecular complexity index is 1190. The van der Waals surface area contributed by atoms with Crippen LogP contribution < -0.4 is 20.1 Å². The summed E-state index contributed by atoms with van der Waals surface area (Å²) in [5.74, 6) is 0.861. The number of nitrogens with one attached hydrogen (secondary N) is 2. The van der Waals surface area contributed by atoms with E-state index >= 15 is 0 Å². The van der Waals surface area contributed by atoms with Gasteiger partial charge in [-0.25, -0.2) is 0 Å². The van der Waals surface area contributed by atoms with Crippen LogP contribution in [0.25, 0.3) is 0 Å². The molecule has 6 heteroatoms. The van der Waals surface area contributed by atoms with Gasteiger partial charge in [0.25, 0.3) is 0 Å². The van der Waals surface area contributed by atoms with Gasteiger partial charge in [-0.3, -0.25) is 9.59 Å². The van der Waals surface area contributed by atoms with Crippen LogP contribution in [0.2, 0.25) is 0 Å². The van der Waals surface area contributed by atoms with Crippen LogP contribution in [0.4, 0.5) is 11.4 Å². The van der Waals surface area contributed by atoms with E-state index in [2.05, 4.69) is 10.6 Å². The van der Waals surface area contributed by atoms with E-state index in [1.807, 2.05) is 97.1 Å². The molecule has 188 valence electrons. The lowest BCUT2D eigenvalue weighted by molar-refractivity contribution is -0.117. The topological polar surface area (TPSA) is 76.7 Å². The summed E-state index contributed by atoms with van der Waals surface area (Å²) >= 11 is 0. The van der Waals surface area contributed by atoms with Gasteiger partial charge in [-0.2, -0.15) is 0 Å². The summed E-state index contributed by atoms with van der Waals surface area (Å²) in [6.45, 7) is 0.814. The Labute approximate surface area is 217 Å². The number of carbonyl (C=O) groups excluding carboxylic acids is 2. The van der Waals surface area contributed by atoms with Crippen molar-refractivity contribution in [2.24, 2.45) is 0 Å². The number of para-hydroxylation sites is 4. The van der Waals surface area contributed by atoms with Crippen molar-refractivity contribution in [3.05, 3.63) is 120 Å². The molecule has 0 aromatic heterocycles. The average Bonchev–Trinajstić information content (AvgIpc) is 2.93. The Kier molecular flexibility index (Phi) is 9.30. The Morgan fingerprint density at radius 1 is 0.514 bits per heavy atom. The molecule has 0 aliphatic heterocycles. The van der Waals surface area contributed by atoms with Crippen molar-refractivity contribution >= 4 is 23.2 Å². The third kappa shape index (κ3) is 8.25. The van der Waals surface area contributed by atoms with E-state index in [0.29, 0.717) is 42.5 Å². The number of rotatable bonds is 12. The van der Waals surface area contributed by atoms with E-state index in [1.165, 1.54) is 0 Å². The number of amides is 2. The minimum atomic E-state index is -0.171. The van der Waals surface area contributed by atoms with E-state index in [0.717, 1.165) is 11.1 Å². The second-order valence-corrected chi connectivity index (χ2v) is 8.49. The zero-order chi connectivity index (χ0) is 25.7. The fraction of sp³-hybridized carbons (Fsp3) is 0.161. The zero-order valence-electron chi connectivity index (χ0n) is 20.6. The molecule has 0 bridgehead atoms. The van der Waals surface area contributed by atoms with Crippen molar-refractivity contribution in [1.82, 2.24) is 0 Å². The third-order valence-corrected chi connectivity index (χ3v) is 5.60. The molecule has 0 aliphatic carbocycles. The van der Waals surface area contributed by atoms with Crippen LogP contribution in [0, 0.1) is 0 Å². The smallest absolute Gasteiger partial charge is 0.224 e. The van der Waals surface area contributed by atoms with E-state index in [4.69, 9.17) is 9.47 Å². The molecule has 0 radical (unpaired) electrons. The van der Waals surface area contributed by atoms with Crippen molar-refractivity contribution in [2.45, 2.75) is 32.5 Å². The predicted molar refractivity (Wildman–Crippen MR) is 146 cm³/mol. The first-order valence-electron chi connectivity index (χ1n) is 12.3. The van der Waals surface area contributed by atoms with Gasteiger partial charge in [0.15, 0.2) is 0 Å². The van der Waals surface area contributed by atoms with Gasteiger partial charge in [-0.15, -0.1) is 0 Å². The van der Waals surface area contributed by atoms with Crippen LogP contribution >= 0.6 is 0 Å². The molecule has 0 heterocycles. The molecule has 0 unspecified atom stereocenters. The summed E-state index contributed by atoms with van der Waals surface area (Å²) in [4.78, 5) is 25.1. The fourth-order valence-electron chi connectivity index (χ4n) is 3.70. The highest BCUT2D eigenvalue weighted by molar-refractivity contribution is 5.94. The third-order valence-electron chi connectivity index (χ3n) is 5.60. The maximum absolute atomic E-state index is 12.5. The highest BCUT2D eigenvalue weighted by atomic mass is 16.5. The predicted octanol–water partition coefficient (Wildman–Crippen LogP) is 6.59. The van der Waals surface area contributed by atoms with Crippen LogP contribution in [0.5, 0.6) is 11.5 Å². The number of hydrogen-bond donors (Lipinski definition) is 2. The van der Waals surface area contributed by atoms with Gasteiger partial charge in [0.2, 0.25) is 11.8 Å². The molecule has 2 amide bonds. The van der Waals surface area contributed by atoms with E-state index < -0.39 is 0 Å². The van der Waals surface area contributed by atoms with E-state index in [-0.39, 0.29) is 24.7 Å². The van der Waals surface area contributed by atoms with Crippen LogP contribution in [0.15, 0.2) is 109 Å². The molecule has 0 aliphatic rings. The first-order valence-corrected chi connectivity index (χ1v) is 12.3. The van der Waals surface area contributed by atoms with Crippen LogP contribution in [-0.4, -0.2) is 11.8 Å². The number of anilines is 2. The summed E-state index contributed by atoms with van der Waals surface area (Å²) in [7, 11) is 0. The van der Waals surface area contributed by atoms with Crippen molar-refractivity contribution in [3.8, 4) is 11.5 Å². The summed E-state index contributed by atoms with van der Waals surface area (Å²) < 4.78 is 11.8. The van der Waals surface area contributed by atoms with Crippen LogP contribution in [0.1, 0.15) is 30.4 Å². The zero-order valence-corrected chi connectivity index (χ0v) is 20.6. The molecular weight excluding hydrogens is 464 g/mol. The van der Waals surface area contributed by atoms with Gasteiger partial charge in [0.05, 0.1) is 11.4 Å². The highest BCUT2D eigenvalue weighted by Gasteiger charge is 2.11. The lowest BCUT2D eigenvalue weighted by atomic mass is 10.2. The first-order chi connectivity index (χ1) is 18.2. The molecule has 4 rings (SSSR count). The maximum Gasteiger partial charge on any atom is 0.224 e. The first kappa shape index (κ1) is 25.5. The van der Waals surface area contributed by atoms with Gasteiger partial charge in [-0.05, 0) is 41.8 Å². The standard InChI is InChI=1S/C31H30N2O4/c34-30(32-26-16-7-9-18-28(26)36-22-24-12-3-1-4-13-24)20-11-21-31(35)33-27-17-8-10-19-29(27)37-23-25-14-5-2-6-15-25/h1-10,12-19H,11,20-23H2,(H,32,34)(H,33,35). The summed E-state index contributed by atoms with van der Waals surface area (Å²) in [5, 5.41) is 5.79. The minimum absolute atomic E-state index is 0.171. The van der Waals surface area contributed by atoms with Gasteiger partial charge in [0, 0.05) is 12.8 Å². The maximum atomic E-state index is 12.5. The van der Waals surface area contributed by atoms with Gasteiger partial charge >= 0.3 is 0 Å². The van der Waals surface area contributed by atoms with Crippen molar-refractivity contribution in [3.63, 3.8) is 0 Å². The largest absolute Gasteiger partial charge is 0.487 e. The Hall–Kier alpha value is -4.58. The summed E-state index contributed by atoms with van der Waals surface area (Å²) in [6.07, 6.45) is 0.844. The fourth-order valence-corrected chi connectivity index (χ4v) is 3.70. The number of carbonyl (C=O) groups is 2. The molecule has 0 saturated carbocycles. The normalized spacial score (nSPS) is 10.4. The molecule has 4 aromatic carbocycles. The minimum Gasteiger partial charge on any atom is -0.487 e. The van der Waals surface area contributed by atoms with E-state index in [9.17, 15) is 9.59 Å². The molecule has 37 heavy (non-hydrogen) atoms. The van der Waals surface area contributed by atoms with Crippen molar-refractivity contribution in [1.29, 1.82) is 0 Å². The molecule has 0 saturated heterocycles. The van der Waals surface area contributed by atoms with Gasteiger partial charge < -0.3 is 20.1 Å². The number of ether oxygens (including phenoxy) is 2. The molecule has 0 atom stereocenters. The lowest BCUT2D eigenvalue weighted by Crippen LogP contribution is -2.15. The average molecular weight is 495 g/mol. The Morgan fingerprint density at radius 3 is 1.32 bits per heavy atom. The molecule has 0 fully saturated rings. The van der Waals surface area contributed by atoms with Crippen molar-refractivity contribution in [2.75, 3.05) is 10.6 Å². The van der Waals surface area contributed by atoms with Gasteiger partial charge in [-0.1, -0.05) is 84.9 Å². The summed E-state index contributed by atoms with van der Waals surface area (Å²) in [6, 6.07) is 34.3. The molecule has 4 aromatic rings. The molecule has 0 spiro atoms. The number of hydrogen-bond acceptors (Lipinski definition) is 4. The quantitative estimate of drug-likeness (QED) is 0.233. The highest BCUT2D eigenvalue weighted by Crippen LogP contribution is 2.26. The van der Waals surface area contributed by atoms with E-state index in [1.54, 1.807) is 12.1 Å². The summed E-state index contributed by atoms with van der Waals surface area (Å²) in [5.41, 5.74) is 3.30. The molecule has 2 N–H and O–H groups in total. The van der Waals surface area contributed by atoms with Gasteiger partial charge in [0.1, 0.15) is 24.7 Å². The second-order valence-electron chi connectivity index (χ2n) is 8.49. The molecule has 6 nitrogen and oxygen atoms in total.